The molecule has 6 heteroatoms. The lowest BCUT2D eigenvalue weighted by atomic mass is 10.1. The Hall–Kier alpha value is -0.880. The zero-order valence-corrected chi connectivity index (χ0v) is 9.27. The molecular weight excluding hydrogens is 239 g/mol. The molecule has 1 unspecified atom stereocenters. The Morgan fingerprint density at radius 3 is 2.19 bits per heavy atom. The molecule has 90 valence electrons. The van der Waals surface area contributed by atoms with Crippen LogP contribution in [0.25, 0.3) is 0 Å². The van der Waals surface area contributed by atoms with Gasteiger partial charge in [-0.3, -0.25) is 4.21 Å². The van der Waals surface area contributed by atoms with Gasteiger partial charge in [0, 0.05) is 28.9 Å². The SMILES string of the molecule is NCCS(=O)Cc1ccc(C(F)(F)F)cc1. The topological polar surface area (TPSA) is 43.1 Å². The highest BCUT2D eigenvalue weighted by atomic mass is 32.2. The maximum Gasteiger partial charge on any atom is 0.416 e. The second kappa shape index (κ2) is 5.45. The van der Waals surface area contributed by atoms with Crippen LogP contribution in [0.15, 0.2) is 24.3 Å². The highest BCUT2D eigenvalue weighted by Gasteiger charge is 2.29. The molecule has 16 heavy (non-hydrogen) atoms. The van der Waals surface area contributed by atoms with E-state index in [-0.39, 0.29) is 5.75 Å². The number of alkyl halides is 3. The molecule has 0 heterocycles. The molecule has 0 aliphatic carbocycles. The van der Waals surface area contributed by atoms with Crippen LogP contribution in [0, 0.1) is 0 Å². The fourth-order valence-electron chi connectivity index (χ4n) is 1.18. The minimum atomic E-state index is -4.32. The molecule has 0 saturated heterocycles. The van der Waals surface area contributed by atoms with E-state index in [4.69, 9.17) is 5.73 Å². The molecule has 0 bridgehead atoms. The van der Waals surface area contributed by atoms with E-state index in [0.717, 1.165) is 12.1 Å². The van der Waals surface area contributed by atoms with E-state index >= 15 is 0 Å². The first-order valence-corrected chi connectivity index (χ1v) is 6.13. The summed E-state index contributed by atoms with van der Waals surface area (Å²) in [6.07, 6.45) is -4.32. The molecule has 0 aliphatic rings. The van der Waals surface area contributed by atoms with Crippen molar-refractivity contribution in [3.05, 3.63) is 35.4 Å². The normalized spacial score (nSPS) is 13.8. The largest absolute Gasteiger partial charge is 0.416 e. The molecule has 0 amide bonds. The Morgan fingerprint density at radius 1 is 1.19 bits per heavy atom. The average Bonchev–Trinajstić information content (AvgIpc) is 2.17. The van der Waals surface area contributed by atoms with Gasteiger partial charge in [-0.2, -0.15) is 13.2 Å². The van der Waals surface area contributed by atoms with E-state index in [1.807, 2.05) is 0 Å². The van der Waals surface area contributed by atoms with Crippen LogP contribution in [0.3, 0.4) is 0 Å². The van der Waals surface area contributed by atoms with Gasteiger partial charge >= 0.3 is 6.18 Å². The molecule has 1 aromatic carbocycles. The van der Waals surface area contributed by atoms with Crippen molar-refractivity contribution < 1.29 is 17.4 Å². The lowest BCUT2D eigenvalue weighted by Gasteiger charge is -2.07. The summed E-state index contributed by atoms with van der Waals surface area (Å²) in [5.74, 6) is 0.607. The van der Waals surface area contributed by atoms with Crippen LogP contribution in [0.4, 0.5) is 13.2 Å². The van der Waals surface area contributed by atoms with Crippen LogP contribution >= 0.6 is 0 Å². The summed E-state index contributed by atoms with van der Waals surface area (Å²) in [5.41, 5.74) is 5.15. The van der Waals surface area contributed by atoms with Gasteiger partial charge in [-0.1, -0.05) is 12.1 Å². The molecule has 0 aliphatic heterocycles. The van der Waals surface area contributed by atoms with Crippen LogP contribution in [-0.2, 0) is 22.7 Å². The van der Waals surface area contributed by atoms with Crippen LogP contribution in [0.1, 0.15) is 11.1 Å². The van der Waals surface area contributed by atoms with E-state index < -0.39 is 22.5 Å². The summed E-state index contributed by atoms with van der Waals surface area (Å²) in [4.78, 5) is 0. The number of hydrogen-bond donors (Lipinski definition) is 1. The summed E-state index contributed by atoms with van der Waals surface area (Å²) < 4.78 is 48.0. The summed E-state index contributed by atoms with van der Waals surface area (Å²) in [5, 5.41) is 0. The number of rotatable bonds is 4. The third-order valence-electron chi connectivity index (χ3n) is 1.95. The minimum absolute atomic E-state index is 0.245. The van der Waals surface area contributed by atoms with Gasteiger partial charge in [0.2, 0.25) is 0 Å². The summed E-state index contributed by atoms with van der Waals surface area (Å²) in [7, 11) is -1.11. The minimum Gasteiger partial charge on any atom is -0.330 e. The zero-order valence-electron chi connectivity index (χ0n) is 8.46. The van der Waals surface area contributed by atoms with Crippen LogP contribution in [0.2, 0.25) is 0 Å². The van der Waals surface area contributed by atoms with Crippen LogP contribution < -0.4 is 5.73 Å². The fourth-order valence-corrected chi connectivity index (χ4v) is 2.15. The van der Waals surface area contributed by atoms with Gasteiger partial charge in [0.25, 0.3) is 0 Å². The molecule has 2 nitrogen and oxygen atoms in total. The van der Waals surface area contributed by atoms with Crippen molar-refractivity contribution in [2.75, 3.05) is 12.3 Å². The van der Waals surface area contributed by atoms with Crippen molar-refractivity contribution in [1.82, 2.24) is 0 Å². The molecular formula is C10H12F3NOS. The van der Waals surface area contributed by atoms with Crippen molar-refractivity contribution in [2.45, 2.75) is 11.9 Å². The first-order valence-electron chi connectivity index (χ1n) is 4.64. The molecule has 1 aromatic rings. The quantitative estimate of drug-likeness (QED) is 0.888. The van der Waals surface area contributed by atoms with Crippen LogP contribution in [-0.4, -0.2) is 16.5 Å². The number of nitrogens with two attached hydrogens (primary N) is 1. The third kappa shape index (κ3) is 3.94. The van der Waals surface area contributed by atoms with Crippen LogP contribution in [0.5, 0.6) is 0 Å². The summed E-state index contributed by atoms with van der Waals surface area (Å²) in [6.45, 7) is 0.313. The van der Waals surface area contributed by atoms with Crippen molar-refractivity contribution >= 4 is 10.8 Å². The third-order valence-corrected chi connectivity index (χ3v) is 3.30. The Morgan fingerprint density at radius 2 is 1.75 bits per heavy atom. The lowest BCUT2D eigenvalue weighted by molar-refractivity contribution is -0.137. The van der Waals surface area contributed by atoms with Gasteiger partial charge in [-0.05, 0) is 17.7 Å². The van der Waals surface area contributed by atoms with Gasteiger partial charge in [0.05, 0.1) is 5.56 Å². The van der Waals surface area contributed by atoms with Crippen molar-refractivity contribution in [3.63, 3.8) is 0 Å². The first kappa shape index (κ1) is 13.2. The molecule has 0 radical (unpaired) electrons. The maximum atomic E-state index is 12.2. The predicted molar refractivity (Wildman–Crippen MR) is 57.2 cm³/mol. The summed E-state index contributed by atoms with van der Waals surface area (Å²) in [6, 6.07) is 4.68. The Kier molecular flexibility index (Phi) is 4.49. The molecule has 1 atom stereocenters. The van der Waals surface area contributed by atoms with Gasteiger partial charge in [-0.15, -0.1) is 0 Å². The second-order valence-corrected chi connectivity index (χ2v) is 4.85. The van der Waals surface area contributed by atoms with E-state index in [1.165, 1.54) is 12.1 Å². The van der Waals surface area contributed by atoms with Gasteiger partial charge in [-0.25, -0.2) is 0 Å². The maximum absolute atomic E-state index is 12.2. The predicted octanol–water partition coefficient (Wildman–Crippen LogP) is 1.91. The number of halogens is 3. The average molecular weight is 251 g/mol. The van der Waals surface area contributed by atoms with Crippen molar-refractivity contribution in [2.24, 2.45) is 5.73 Å². The smallest absolute Gasteiger partial charge is 0.330 e. The summed E-state index contributed by atoms with van der Waals surface area (Å²) >= 11 is 0. The van der Waals surface area contributed by atoms with E-state index in [9.17, 15) is 17.4 Å². The van der Waals surface area contributed by atoms with E-state index in [2.05, 4.69) is 0 Å². The zero-order chi connectivity index (χ0) is 12.2. The highest BCUT2D eigenvalue weighted by molar-refractivity contribution is 7.84. The number of benzene rings is 1. The Balaban J connectivity index is 2.69. The first-order chi connectivity index (χ1) is 7.43. The molecule has 0 spiro atoms. The van der Waals surface area contributed by atoms with E-state index in [0.29, 0.717) is 17.9 Å². The molecule has 0 aromatic heterocycles. The van der Waals surface area contributed by atoms with Gasteiger partial charge in [0.15, 0.2) is 0 Å². The Bertz CT molecular complexity index is 361. The highest BCUT2D eigenvalue weighted by Crippen LogP contribution is 2.29. The van der Waals surface area contributed by atoms with Crippen molar-refractivity contribution in [3.8, 4) is 0 Å². The van der Waals surface area contributed by atoms with E-state index in [1.54, 1.807) is 0 Å². The standard InChI is InChI=1S/C10H12F3NOS/c11-10(12,13)9-3-1-8(2-4-9)7-16(15)6-5-14/h1-4H,5-7,14H2. The fraction of sp³-hybridized carbons (Fsp3) is 0.400. The molecule has 0 saturated carbocycles. The van der Waals surface area contributed by atoms with Gasteiger partial charge in [0.1, 0.15) is 0 Å². The molecule has 0 fully saturated rings. The van der Waals surface area contributed by atoms with Crippen molar-refractivity contribution in [1.29, 1.82) is 0 Å². The Labute approximate surface area is 94.1 Å². The molecule has 2 N–H and O–H groups in total. The molecule has 1 rings (SSSR count). The monoisotopic (exact) mass is 251 g/mol. The second-order valence-electron chi connectivity index (χ2n) is 3.27. The number of hydrogen-bond acceptors (Lipinski definition) is 2. The lowest BCUT2D eigenvalue weighted by Crippen LogP contribution is -2.11. The van der Waals surface area contributed by atoms with Gasteiger partial charge < -0.3 is 5.73 Å².